The van der Waals surface area contributed by atoms with Crippen LogP contribution in [0.2, 0.25) is 0 Å². The van der Waals surface area contributed by atoms with Crippen molar-refractivity contribution >= 4 is 0 Å². The van der Waals surface area contributed by atoms with E-state index in [4.69, 9.17) is 0 Å². The molecule has 1 aromatic heterocycles. The normalized spacial score (nSPS) is 23.5. The van der Waals surface area contributed by atoms with Gasteiger partial charge < -0.3 is 0 Å². The predicted octanol–water partition coefficient (Wildman–Crippen LogP) is 2.52. The van der Waals surface area contributed by atoms with Crippen LogP contribution in [0, 0.1) is 5.41 Å². The van der Waals surface area contributed by atoms with Crippen LogP contribution in [0.15, 0.2) is 6.20 Å². The zero-order chi connectivity index (χ0) is 11.3. The Labute approximate surface area is 87.3 Å². The number of nitrogens with zero attached hydrogens (tertiary/aromatic N) is 2. The summed E-state index contributed by atoms with van der Waals surface area (Å²) in [4.78, 5) is 0. The van der Waals surface area contributed by atoms with Gasteiger partial charge in [-0.05, 0) is 5.41 Å². The lowest BCUT2D eigenvalue weighted by atomic mass is 9.52. The second-order valence-corrected chi connectivity index (χ2v) is 5.40. The van der Waals surface area contributed by atoms with Crippen LogP contribution in [0.5, 0.6) is 0 Å². The molecule has 0 unspecified atom stereocenters. The highest BCUT2D eigenvalue weighted by atomic mass is 19.3. The van der Waals surface area contributed by atoms with E-state index < -0.39 is 11.3 Å². The van der Waals surface area contributed by atoms with Gasteiger partial charge in [0.05, 0.1) is 5.69 Å². The van der Waals surface area contributed by atoms with E-state index in [1.165, 1.54) is 0 Å². The van der Waals surface area contributed by atoms with Crippen LogP contribution in [-0.2, 0) is 5.41 Å². The van der Waals surface area contributed by atoms with Crippen molar-refractivity contribution in [3.05, 3.63) is 11.9 Å². The predicted molar refractivity (Wildman–Crippen MR) is 51.7 cm³/mol. The van der Waals surface area contributed by atoms with Crippen molar-refractivity contribution in [3.8, 4) is 0 Å². The van der Waals surface area contributed by atoms with Gasteiger partial charge in [-0.3, -0.25) is 5.10 Å². The van der Waals surface area contributed by atoms with Crippen LogP contribution in [0.4, 0.5) is 8.78 Å². The van der Waals surface area contributed by atoms with E-state index in [0.717, 1.165) is 0 Å². The fourth-order valence-corrected chi connectivity index (χ4v) is 2.36. The third-order valence-corrected chi connectivity index (χ3v) is 3.46. The largest absolute Gasteiger partial charge is 0.265 e. The minimum atomic E-state index is -2.55. The molecular weight excluding hydrogens is 200 g/mol. The van der Waals surface area contributed by atoms with E-state index in [1.54, 1.807) is 6.20 Å². The Balaban J connectivity index is 2.36. The number of H-pyrrole nitrogens is 1. The molecule has 0 spiro atoms. The monoisotopic (exact) mass is 215 g/mol. The van der Waals surface area contributed by atoms with Crippen molar-refractivity contribution in [3.63, 3.8) is 0 Å². The van der Waals surface area contributed by atoms with Crippen LogP contribution in [0.1, 0.15) is 39.3 Å². The second-order valence-electron chi connectivity index (χ2n) is 5.40. The molecule has 0 radical (unpaired) electrons. The maximum atomic E-state index is 13.1. The van der Waals surface area contributed by atoms with E-state index in [2.05, 4.69) is 15.4 Å². The van der Waals surface area contributed by atoms with Gasteiger partial charge in [-0.25, -0.2) is 8.78 Å². The second kappa shape index (κ2) is 2.77. The third-order valence-electron chi connectivity index (χ3n) is 3.46. The van der Waals surface area contributed by atoms with E-state index in [-0.39, 0.29) is 18.3 Å². The molecule has 0 atom stereocenters. The third kappa shape index (κ3) is 1.44. The summed E-state index contributed by atoms with van der Waals surface area (Å²) < 4.78 is 26.2. The Hall–Kier alpha value is -1.00. The number of hydrogen-bond acceptors (Lipinski definition) is 2. The molecule has 84 valence electrons. The highest BCUT2D eigenvalue weighted by Crippen LogP contribution is 2.60. The van der Waals surface area contributed by atoms with Crippen molar-refractivity contribution in [2.24, 2.45) is 5.41 Å². The Kier molecular flexibility index (Phi) is 1.94. The first-order chi connectivity index (χ1) is 6.77. The van der Waals surface area contributed by atoms with E-state index in [0.29, 0.717) is 5.69 Å². The molecule has 15 heavy (non-hydrogen) atoms. The molecule has 1 aromatic rings. The van der Waals surface area contributed by atoms with Gasteiger partial charge in [0.1, 0.15) is 0 Å². The summed E-state index contributed by atoms with van der Waals surface area (Å²) in [6, 6.07) is 0. The molecule has 1 N–H and O–H groups in total. The lowest BCUT2D eigenvalue weighted by Crippen LogP contribution is -2.56. The standard InChI is InChI=1S/C10H15F2N3/c1-8(2,3)9(5-10(11,12)6-9)7-4-13-15-14-7/h4H,5-6H2,1-3H3,(H,13,14,15). The van der Waals surface area contributed by atoms with Crippen molar-refractivity contribution in [1.29, 1.82) is 0 Å². The zero-order valence-electron chi connectivity index (χ0n) is 9.14. The highest BCUT2D eigenvalue weighted by Gasteiger charge is 2.63. The minimum Gasteiger partial charge on any atom is -0.265 e. The molecule has 0 amide bonds. The van der Waals surface area contributed by atoms with Gasteiger partial charge in [0, 0.05) is 24.5 Å². The minimum absolute atomic E-state index is 0.129. The first kappa shape index (κ1) is 10.5. The summed E-state index contributed by atoms with van der Waals surface area (Å²) in [5.41, 5.74) is -0.115. The molecule has 1 fully saturated rings. The summed E-state index contributed by atoms with van der Waals surface area (Å²) in [6.45, 7) is 5.91. The summed E-state index contributed by atoms with van der Waals surface area (Å²) >= 11 is 0. The Morgan fingerprint density at radius 2 is 1.93 bits per heavy atom. The van der Waals surface area contributed by atoms with E-state index >= 15 is 0 Å². The molecule has 1 saturated carbocycles. The molecule has 1 aliphatic rings. The summed E-state index contributed by atoms with van der Waals surface area (Å²) in [5.74, 6) is -2.55. The number of halogens is 2. The highest BCUT2D eigenvalue weighted by molar-refractivity contribution is 5.25. The van der Waals surface area contributed by atoms with Crippen molar-refractivity contribution in [1.82, 2.24) is 15.4 Å². The first-order valence-corrected chi connectivity index (χ1v) is 5.02. The molecule has 0 saturated heterocycles. The van der Waals surface area contributed by atoms with Gasteiger partial charge in [0.15, 0.2) is 0 Å². The van der Waals surface area contributed by atoms with Gasteiger partial charge >= 0.3 is 0 Å². The van der Waals surface area contributed by atoms with Gasteiger partial charge in [0.25, 0.3) is 0 Å². The maximum absolute atomic E-state index is 13.1. The molecule has 2 rings (SSSR count). The average molecular weight is 215 g/mol. The molecule has 0 aliphatic heterocycles. The molecule has 5 heteroatoms. The number of aromatic amines is 1. The van der Waals surface area contributed by atoms with Crippen LogP contribution in [0.25, 0.3) is 0 Å². The molecule has 3 nitrogen and oxygen atoms in total. The summed E-state index contributed by atoms with van der Waals surface area (Å²) in [5, 5.41) is 10.1. The lowest BCUT2D eigenvalue weighted by molar-refractivity contribution is -0.161. The SMILES string of the molecule is CC(C)(C)C1(c2c[nH]nn2)CC(F)(F)C1. The first-order valence-electron chi connectivity index (χ1n) is 5.02. The molecule has 1 heterocycles. The zero-order valence-corrected chi connectivity index (χ0v) is 9.14. The van der Waals surface area contributed by atoms with Crippen molar-refractivity contribution in [2.45, 2.75) is 45.0 Å². The lowest BCUT2D eigenvalue weighted by Gasteiger charge is -2.54. The number of alkyl halides is 2. The van der Waals surface area contributed by atoms with E-state index in [9.17, 15) is 8.78 Å². The topological polar surface area (TPSA) is 41.6 Å². The fraction of sp³-hybridized carbons (Fsp3) is 0.800. The quantitative estimate of drug-likeness (QED) is 0.782. The maximum Gasteiger partial charge on any atom is 0.250 e. The van der Waals surface area contributed by atoms with Crippen LogP contribution >= 0.6 is 0 Å². The molecule has 1 aliphatic carbocycles. The van der Waals surface area contributed by atoms with Crippen molar-refractivity contribution in [2.75, 3.05) is 0 Å². The van der Waals surface area contributed by atoms with Gasteiger partial charge in [-0.15, -0.1) is 5.10 Å². The smallest absolute Gasteiger partial charge is 0.250 e. The van der Waals surface area contributed by atoms with Crippen molar-refractivity contribution < 1.29 is 8.78 Å². The fourth-order valence-electron chi connectivity index (χ4n) is 2.36. The average Bonchev–Trinajstić information content (AvgIpc) is 2.48. The number of hydrogen-bond donors (Lipinski definition) is 1. The Bertz CT molecular complexity index is 343. The van der Waals surface area contributed by atoms with Gasteiger partial charge in [0.2, 0.25) is 5.92 Å². The Morgan fingerprint density at radius 1 is 1.33 bits per heavy atom. The molecule has 0 bridgehead atoms. The summed E-state index contributed by atoms with van der Waals surface area (Å²) in [6.07, 6.45) is 1.37. The summed E-state index contributed by atoms with van der Waals surface area (Å²) in [7, 11) is 0. The molecular formula is C10H15F2N3. The molecule has 0 aromatic carbocycles. The van der Waals surface area contributed by atoms with Crippen LogP contribution in [0.3, 0.4) is 0 Å². The van der Waals surface area contributed by atoms with Gasteiger partial charge in [-0.1, -0.05) is 26.0 Å². The van der Waals surface area contributed by atoms with Gasteiger partial charge in [-0.2, -0.15) is 0 Å². The Morgan fingerprint density at radius 3 is 2.27 bits per heavy atom. The van der Waals surface area contributed by atoms with E-state index in [1.807, 2.05) is 20.8 Å². The van der Waals surface area contributed by atoms with Crippen LogP contribution in [-0.4, -0.2) is 21.3 Å². The van der Waals surface area contributed by atoms with Crippen LogP contribution < -0.4 is 0 Å². The number of rotatable bonds is 1. The number of nitrogens with one attached hydrogen (secondary N) is 1. The number of aromatic nitrogens is 3.